The van der Waals surface area contributed by atoms with E-state index in [1.165, 1.54) is 6.07 Å². The number of hydrazine groups is 1. The van der Waals surface area contributed by atoms with Crippen LogP contribution in [0.5, 0.6) is 0 Å². The Balaban J connectivity index is 0.000000671. The molecule has 6 nitrogen and oxygen atoms in total. The molecule has 13 heavy (non-hydrogen) atoms. The molecule has 0 heterocycles. The van der Waals surface area contributed by atoms with Crippen molar-refractivity contribution in [1.29, 1.82) is 0 Å². The zero-order valence-electron chi connectivity index (χ0n) is 7.23. The van der Waals surface area contributed by atoms with Crippen molar-refractivity contribution >= 4 is 11.4 Å². The Kier molecular flexibility index (Phi) is 4.42. The van der Waals surface area contributed by atoms with Crippen LogP contribution in [0.4, 0.5) is 11.4 Å². The number of aryl methyl sites for hydroxylation is 1. The first-order valence-corrected chi connectivity index (χ1v) is 3.45. The van der Waals surface area contributed by atoms with E-state index in [9.17, 15) is 10.1 Å². The molecular weight excluding hydrogens is 172 g/mol. The Morgan fingerprint density at radius 1 is 1.38 bits per heavy atom. The molecule has 0 aliphatic heterocycles. The molecule has 1 rings (SSSR count). The summed E-state index contributed by atoms with van der Waals surface area (Å²) >= 11 is 0. The van der Waals surface area contributed by atoms with Crippen LogP contribution in [-0.4, -0.2) is 4.92 Å². The van der Waals surface area contributed by atoms with Gasteiger partial charge in [-0.3, -0.25) is 21.8 Å². The molecule has 0 bridgehead atoms. The first-order valence-electron chi connectivity index (χ1n) is 3.45. The highest BCUT2D eigenvalue weighted by molar-refractivity contribution is 5.58. The van der Waals surface area contributed by atoms with Crippen molar-refractivity contribution in [3.05, 3.63) is 33.9 Å². The summed E-state index contributed by atoms with van der Waals surface area (Å²) in [6.45, 7) is 1.83. The number of anilines is 1. The van der Waals surface area contributed by atoms with Crippen molar-refractivity contribution in [2.24, 2.45) is 11.7 Å². The van der Waals surface area contributed by atoms with Gasteiger partial charge in [0.2, 0.25) is 0 Å². The third-order valence-corrected chi connectivity index (χ3v) is 1.38. The standard InChI is InChI=1S/C7H8N2O2.H4N2/c1-5-2-3-7(9(10)11)6(8)4-5;1-2/h2-4H,8H2,1H3;1-2H2. The topological polar surface area (TPSA) is 121 Å². The van der Waals surface area contributed by atoms with E-state index in [0.717, 1.165) is 5.56 Å². The van der Waals surface area contributed by atoms with Crippen molar-refractivity contribution in [1.82, 2.24) is 0 Å². The minimum Gasteiger partial charge on any atom is -0.393 e. The Hall–Kier alpha value is -1.66. The van der Waals surface area contributed by atoms with E-state index in [4.69, 9.17) is 5.73 Å². The molecule has 0 aliphatic carbocycles. The normalized spacial score (nSPS) is 8.54. The number of nitro benzene ring substituents is 1. The molecule has 0 aliphatic rings. The van der Waals surface area contributed by atoms with E-state index in [-0.39, 0.29) is 11.4 Å². The van der Waals surface area contributed by atoms with Crippen molar-refractivity contribution in [2.75, 3.05) is 5.73 Å². The summed E-state index contributed by atoms with van der Waals surface area (Å²) in [4.78, 5) is 9.77. The quantitative estimate of drug-likeness (QED) is 0.251. The van der Waals surface area contributed by atoms with Gasteiger partial charge in [-0.15, -0.1) is 0 Å². The average molecular weight is 184 g/mol. The number of rotatable bonds is 1. The van der Waals surface area contributed by atoms with Crippen LogP contribution < -0.4 is 17.4 Å². The van der Waals surface area contributed by atoms with E-state index in [1.54, 1.807) is 12.1 Å². The molecule has 0 amide bonds. The Morgan fingerprint density at radius 3 is 2.31 bits per heavy atom. The van der Waals surface area contributed by atoms with E-state index < -0.39 is 4.92 Å². The van der Waals surface area contributed by atoms with Gasteiger partial charge in [-0.25, -0.2) is 0 Å². The number of nitrogens with zero attached hydrogens (tertiary/aromatic N) is 1. The molecular formula is C7H12N4O2. The van der Waals surface area contributed by atoms with E-state index in [2.05, 4.69) is 11.7 Å². The number of benzene rings is 1. The van der Waals surface area contributed by atoms with E-state index in [1.807, 2.05) is 6.92 Å². The van der Waals surface area contributed by atoms with Gasteiger partial charge in [-0.2, -0.15) is 0 Å². The molecule has 0 spiro atoms. The van der Waals surface area contributed by atoms with Gasteiger partial charge < -0.3 is 5.73 Å². The van der Waals surface area contributed by atoms with Crippen LogP contribution in [0.15, 0.2) is 18.2 Å². The Morgan fingerprint density at radius 2 is 1.92 bits per heavy atom. The molecule has 0 aromatic heterocycles. The lowest BCUT2D eigenvalue weighted by molar-refractivity contribution is -0.383. The zero-order chi connectivity index (χ0) is 10.4. The minimum atomic E-state index is -0.491. The summed E-state index contributed by atoms with van der Waals surface area (Å²) in [6.07, 6.45) is 0. The smallest absolute Gasteiger partial charge is 0.292 e. The minimum absolute atomic E-state index is 0.0319. The van der Waals surface area contributed by atoms with Crippen molar-refractivity contribution in [2.45, 2.75) is 6.92 Å². The molecule has 0 radical (unpaired) electrons. The first kappa shape index (κ1) is 11.3. The van der Waals surface area contributed by atoms with Crippen LogP contribution in [0.3, 0.4) is 0 Å². The Labute approximate surface area is 75.4 Å². The molecule has 6 heteroatoms. The molecule has 72 valence electrons. The average Bonchev–Trinajstić information content (AvgIpc) is 2.07. The summed E-state index contributed by atoms with van der Waals surface area (Å²) in [5.74, 6) is 8.00. The fourth-order valence-corrected chi connectivity index (χ4v) is 0.840. The molecule has 0 saturated carbocycles. The highest BCUT2D eigenvalue weighted by Crippen LogP contribution is 2.21. The summed E-state index contributed by atoms with van der Waals surface area (Å²) in [5.41, 5.74) is 6.49. The second kappa shape index (κ2) is 5.07. The first-order chi connectivity index (χ1) is 6.11. The summed E-state index contributed by atoms with van der Waals surface area (Å²) in [7, 11) is 0. The summed E-state index contributed by atoms with van der Waals surface area (Å²) in [6, 6.07) is 4.65. The van der Waals surface area contributed by atoms with Crippen molar-refractivity contribution in [3.63, 3.8) is 0 Å². The van der Waals surface area contributed by atoms with E-state index in [0.29, 0.717) is 0 Å². The van der Waals surface area contributed by atoms with Gasteiger partial charge in [-0.1, -0.05) is 6.07 Å². The zero-order valence-corrected chi connectivity index (χ0v) is 7.23. The van der Waals surface area contributed by atoms with Gasteiger partial charge in [0, 0.05) is 6.07 Å². The van der Waals surface area contributed by atoms with Gasteiger partial charge in [0.05, 0.1) is 4.92 Å². The van der Waals surface area contributed by atoms with Crippen LogP contribution in [0.2, 0.25) is 0 Å². The number of nitrogen functional groups attached to an aromatic ring is 1. The van der Waals surface area contributed by atoms with Gasteiger partial charge in [0.15, 0.2) is 0 Å². The maximum atomic E-state index is 10.3. The van der Waals surface area contributed by atoms with Crippen LogP contribution in [0.1, 0.15) is 5.56 Å². The van der Waals surface area contributed by atoms with Gasteiger partial charge in [0.25, 0.3) is 5.69 Å². The number of hydrogen-bond acceptors (Lipinski definition) is 5. The molecule has 0 saturated heterocycles. The van der Waals surface area contributed by atoms with Crippen LogP contribution in [0.25, 0.3) is 0 Å². The fourth-order valence-electron chi connectivity index (χ4n) is 0.840. The van der Waals surface area contributed by atoms with Gasteiger partial charge in [0.1, 0.15) is 5.69 Å². The van der Waals surface area contributed by atoms with Crippen molar-refractivity contribution < 1.29 is 4.92 Å². The predicted molar refractivity (Wildman–Crippen MR) is 50.6 cm³/mol. The monoisotopic (exact) mass is 184 g/mol. The van der Waals surface area contributed by atoms with E-state index >= 15 is 0 Å². The largest absolute Gasteiger partial charge is 0.393 e. The molecule has 1 aromatic rings. The molecule has 6 N–H and O–H groups in total. The molecule has 0 fully saturated rings. The fraction of sp³-hybridized carbons (Fsp3) is 0.143. The predicted octanol–water partition coefficient (Wildman–Crippen LogP) is 0.304. The third-order valence-electron chi connectivity index (χ3n) is 1.38. The number of nitro groups is 1. The highest BCUT2D eigenvalue weighted by Gasteiger charge is 2.08. The maximum absolute atomic E-state index is 10.3. The van der Waals surface area contributed by atoms with Crippen molar-refractivity contribution in [3.8, 4) is 0 Å². The second-order valence-electron chi connectivity index (χ2n) is 2.32. The molecule has 0 atom stereocenters. The SMILES string of the molecule is Cc1ccc([N+](=O)[O-])c(N)c1.NN. The highest BCUT2D eigenvalue weighted by atomic mass is 16.6. The summed E-state index contributed by atoms with van der Waals surface area (Å²) in [5, 5.41) is 10.3. The van der Waals surface area contributed by atoms with Crippen LogP contribution >= 0.6 is 0 Å². The number of hydrogen-bond donors (Lipinski definition) is 3. The lowest BCUT2D eigenvalue weighted by atomic mass is 10.2. The maximum Gasteiger partial charge on any atom is 0.292 e. The molecule has 1 aromatic carbocycles. The lowest BCUT2D eigenvalue weighted by Crippen LogP contribution is -2.02. The third kappa shape index (κ3) is 3.06. The van der Waals surface area contributed by atoms with Crippen LogP contribution in [-0.2, 0) is 0 Å². The number of nitrogens with two attached hydrogens (primary N) is 3. The second-order valence-corrected chi connectivity index (χ2v) is 2.32. The van der Waals surface area contributed by atoms with Crippen LogP contribution in [0, 0.1) is 17.0 Å². The van der Waals surface area contributed by atoms with Gasteiger partial charge in [-0.05, 0) is 18.6 Å². The summed E-state index contributed by atoms with van der Waals surface area (Å²) < 4.78 is 0. The Bertz CT molecular complexity index is 301. The van der Waals surface area contributed by atoms with Gasteiger partial charge >= 0.3 is 0 Å². The molecule has 0 unspecified atom stereocenters. The lowest BCUT2D eigenvalue weighted by Gasteiger charge is -1.96.